The first-order valence-electron chi connectivity index (χ1n) is 6.69. The third-order valence-electron chi connectivity index (χ3n) is 3.37. The lowest BCUT2D eigenvalue weighted by Crippen LogP contribution is -2.24. The molecule has 0 amide bonds. The zero-order valence-corrected chi connectivity index (χ0v) is 11.6. The van der Waals surface area contributed by atoms with Gasteiger partial charge in [0, 0.05) is 25.5 Å². The van der Waals surface area contributed by atoms with Gasteiger partial charge in [0.1, 0.15) is 0 Å². The Bertz CT molecular complexity index is 610. The molecular weight excluding hydrogens is 238 g/mol. The van der Waals surface area contributed by atoms with Crippen molar-refractivity contribution in [2.75, 3.05) is 0 Å². The standard InChI is InChI=1S/C15H21N3O/c1-3-6-17-7-8-18(15(17)19)11-14-5-4-13(10-16)9-12(14)2/h4-5,7-9H,3,6,10-11,16H2,1-2H3. The van der Waals surface area contributed by atoms with Crippen LogP contribution in [0.25, 0.3) is 0 Å². The van der Waals surface area contributed by atoms with Crippen molar-refractivity contribution in [1.82, 2.24) is 9.13 Å². The van der Waals surface area contributed by atoms with Crippen LogP contribution in [0.3, 0.4) is 0 Å². The molecule has 0 unspecified atom stereocenters. The maximum atomic E-state index is 12.1. The van der Waals surface area contributed by atoms with E-state index in [1.807, 2.05) is 18.5 Å². The van der Waals surface area contributed by atoms with E-state index in [4.69, 9.17) is 5.73 Å². The van der Waals surface area contributed by atoms with Crippen LogP contribution in [0, 0.1) is 6.92 Å². The highest BCUT2D eigenvalue weighted by Gasteiger charge is 2.05. The highest BCUT2D eigenvalue weighted by atomic mass is 16.1. The Balaban J connectivity index is 2.24. The van der Waals surface area contributed by atoms with E-state index in [0.717, 1.165) is 24.1 Å². The minimum Gasteiger partial charge on any atom is -0.326 e. The smallest absolute Gasteiger partial charge is 0.326 e. The molecule has 2 rings (SSSR count). The van der Waals surface area contributed by atoms with E-state index in [2.05, 4.69) is 26.0 Å². The summed E-state index contributed by atoms with van der Waals surface area (Å²) < 4.78 is 3.50. The van der Waals surface area contributed by atoms with E-state index in [1.165, 1.54) is 5.56 Å². The van der Waals surface area contributed by atoms with E-state index < -0.39 is 0 Å². The first kappa shape index (κ1) is 13.6. The molecule has 2 aromatic rings. The summed E-state index contributed by atoms with van der Waals surface area (Å²) in [4.78, 5) is 12.1. The molecule has 4 nitrogen and oxygen atoms in total. The highest BCUT2D eigenvalue weighted by molar-refractivity contribution is 5.31. The Kier molecular flexibility index (Phi) is 4.22. The van der Waals surface area contributed by atoms with Crippen LogP contribution in [0.1, 0.15) is 30.0 Å². The summed E-state index contributed by atoms with van der Waals surface area (Å²) in [5.41, 5.74) is 9.14. The summed E-state index contributed by atoms with van der Waals surface area (Å²) >= 11 is 0. The van der Waals surface area contributed by atoms with Crippen LogP contribution in [-0.2, 0) is 19.6 Å². The van der Waals surface area contributed by atoms with Gasteiger partial charge >= 0.3 is 5.69 Å². The van der Waals surface area contributed by atoms with Crippen LogP contribution in [0.2, 0.25) is 0 Å². The second kappa shape index (κ2) is 5.89. The number of rotatable bonds is 5. The zero-order valence-electron chi connectivity index (χ0n) is 11.6. The van der Waals surface area contributed by atoms with Gasteiger partial charge in [-0.05, 0) is 30.0 Å². The molecule has 0 aliphatic heterocycles. The molecule has 102 valence electrons. The van der Waals surface area contributed by atoms with Gasteiger partial charge in [0.05, 0.1) is 6.54 Å². The minimum atomic E-state index is 0.0594. The van der Waals surface area contributed by atoms with Gasteiger partial charge in [-0.2, -0.15) is 0 Å². The number of benzene rings is 1. The largest absolute Gasteiger partial charge is 0.328 e. The Morgan fingerprint density at radius 3 is 2.58 bits per heavy atom. The summed E-state index contributed by atoms with van der Waals surface area (Å²) in [6.07, 6.45) is 4.68. The van der Waals surface area contributed by atoms with Crippen molar-refractivity contribution >= 4 is 0 Å². The van der Waals surface area contributed by atoms with Crippen LogP contribution in [0.5, 0.6) is 0 Å². The molecule has 0 saturated carbocycles. The van der Waals surface area contributed by atoms with Gasteiger partial charge in [0.2, 0.25) is 0 Å². The van der Waals surface area contributed by atoms with Crippen LogP contribution in [0.15, 0.2) is 35.4 Å². The van der Waals surface area contributed by atoms with Gasteiger partial charge in [-0.15, -0.1) is 0 Å². The maximum absolute atomic E-state index is 12.1. The molecule has 1 aromatic carbocycles. The summed E-state index contributed by atoms with van der Waals surface area (Å²) in [7, 11) is 0. The molecule has 0 spiro atoms. The predicted octanol–water partition coefficient (Wildman–Crippen LogP) is 1.88. The van der Waals surface area contributed by atoms with Crippen molar-refractivity contribution in [3.63, 3.8) is 0 Å². The van der Waals surface area contributed by atoms with Crippen molar-refractivity contribution in [1.29, 1.82) is 0 Å². The molecule has 1 heterocycles. The second-order valence-corrected chi connectivity index (χ2v) is 4.87. The molecule has 19 heavy (non-hydrogen) atoms. The number of imidazole rings is 1. The van der Waals surface area contributed by atoms with Crippen molar-refractivity contribution < 1.29 is 0 Å². The zero-order chi connectivity index (χ0) is 13.8. The van der Waals surface area contributed by atoms with Crippen molar-refractivity contribution in [2.45, 2.75) is 39.9 Å². The van der Waals surface area contributed by atoms with E-state index >= 15 is 0 Å². The fourth-order valence-corrected chi connectivity index (χ4v) is 2.23. The summed E-state index contributed by atoms with van der Waals surface area (Å²) in [6, 6.07) is 6.17. The SMILES string of the molecule is CCCn1ccn(Cc2ccc(CN)cc2C)c1=O. The monoisotopic (exact) mass is 259 g/mol. The number of aromatic nitrogens is 2. The lowest BCUT2D eigenvalue weighted by molar-refractivity contribution is 0.623. The van der Waals surface area contributed by atoms with Crippen molar-refractivity contribution in [3.05, 3.63) is 57.8 Å². The molecule has 0 bridgehead atoms. The highest BCUT2D eigenvalue weighted by Crippen LogP contribution is 2.12. The average Bonchev–Trinajstić information content (AvgIpc) is 2.74. The lowest BCUT2D eigenvalue weighted by atomic mass is 10.1. The predicted molar refractivity (Wildman–Crippen MR) is 77.2 cm³/mol. The number of nitrogens with two attached hydrogens (primary N) is 1. The number of hydrogen-bond donors (Lipinski definition) is 1. The first-order valence-corrected chi connectivity index (χ1v) is 6.69. The average molecular weight is 259 g/mol. The molecule has 0 atom stereocenters. The summed E-state index contributed by atoms with van der Waals surface area (Å²) in [5.74, 6) is 0. The summed E-state index contributed by atoms with van der Waals surface area (Å²) in [6.45, 7) is 6.07. The van der Waals surface area contributed by atoms with Crippen LogP contribution < -0.4 is 11.4 Å². The maximum Gasteiger partial charge on any atom is 0.328 e. The van der Waals surface area contributed by atoms with E-state index in [-0.39, 0.29) is 5.69 Å². The quantitative estimate of drug-likeness (QED) is 0.891. The number of nitrogens with zero attached hydrogens (tertiary/aromatic N) is 2. The van der Waals surface area contributed by atoms with Crippen LogP contribution in [0.4, 0.5) is 0 Å². The molecule has 0 aliphatic rings. The Morgan fingerprint density at radius 2 is 1.95 bits per heavy atom. The lowest BCUT2D eigenvalue weighted by Gasteiger charge is -2.08. The van der Waals surface area contributed by atoms with Gasteiger partial charge in [-0.3, -0.25) is 9.13 Å². The molecule has 1 aromatic heterocycles. The van der Waals surface area contributed by atoms with Gasteiger partial charge in [-0.25, -0.2) is 4.79 Å². The Hall–Kier alpha value is -1.81. The van der Waals surface area contributed by atoms with E-state index in [0.29, 0.717) is 13.1 Å². The Labute approximate surface area is 113 Å². The third kappa shape index (κ3) is 2.96. The van der Waals surface area contributed by atoms with Gasteiger partial charge < -0.3 is 5.73 Å². The minimum absolute atomic E-state index is 0.0594. The van der Waals surface area contributed by atoms with Crippen molar-refractivity contribution in [3.8, 4) is 0 Å². The Morgan fingerprint density at radius 1 is 1.21 bits per heavy atom. The van der Waals surface area contributed by atoms with Crippen molar-refractivity contribution in [2.24, 2.45) is 5.73 Å². The number of aryl methyl sites for hydroxylation is 2. The topological polar surface area (TPSA) is 52.9 Å². The molecule has 0 radical (unpaired) electrons. The fourth-order valence-electron chi connectivity index (χ4n) is 2.23. The normalized spacial score (nSPS) is 10.9. The molecule has 0 saturated heterocycles. The van der Waals surface area contributed by atoms with Gasteiger partial charge in [0.25, 0.3) is 0 Å². The second-order valence-electron chi connectivity index (χ2n) is 4.87. The molecular formula is C15H21N3O. The fraction of sp³-hybridized carbons (Fsp3) is 0.400. The van der Waals surface area contributed by atoms with Crippen LogP contribution >= 0.6 is 0 Å². The van der Waals surface area contributed by atoms with Gasteiger partial charge in [0.15, 0.2) is 0 Å². The summed E-state index contributed by atoms with van der Waals surface area (Å²) in [5, 5.41) is 0. The first-order chi connectivity index (χ1) is 9.15. The third-order valence-corrected chi connectivity index (χ3v) is 3.37. The molecule has 2 N–H and O–H groups in total. The van der Waals surface area contributed by atoms with Gasteiger partial charge in [-0.1, -0.05) is 25.1 Å². The van der Waals surface area contributed by atoms with Crippen LogP contribution in [-0.4, -0.2) is 9.13 Å². The van der Waals surface area contributed by atoms with E-state index in [1.54, 1.807) is 9.13 Å². The van der Waals surface area contributed by atoms with E-state index in [9.17, 15) is 4.79 Å². The molecule has 0 aliphatic carbocycles. The molecule has 4 heteroatoms. The number of hydrogen-bond acceptors (Lipinski definition) is 2. The molecule has 0 fully saturated rings.